The van der Waals surface area contributed by atoms with Crippen molar-refractivity contribution >= 4 is 33.3 Å². The first-order valence-corrected chi connectivity index (χ1v) is 16.2. The van der Waals surface area contributed by atoms with E-state index in [1.54, 1.807) is 30.5 Å². The van der Waals surface area contributed by atoms with Crippen LogP contribution in [0.15, 0.2) is 65.1 Å². The first kappa shape index (κ1) is 32.9. The van der Waals surface area contributed by atoms with Crippen LogP contribution in [0.5, 0.6) is 5.75 Å². The molecule has 6 N–H and O–H groups in total. The number of H-pyrrole nitrogens is 1. The SMILES string of the molecule is COc1cccc(F)c1-c1ccc(S(=O)(=O)NCCN2CCC(CN(N)/C=C(\N)c3c(C(C)=O)[nH]c4c3=CC(F)=C=C=4)CC2)cc1. The third kappa shape index (κ3) is 7.32. The van der Waals surface area contributed by atoms with E-state index in [-0.39, 0.29) is 40.1 Å². The van der Waals surface area contributed by atoms with E-state index in [0.717, 1.165) is 25.9 Å². The third-order valence-corrected chi connectivity index (χ3v) is 9.58. The zero-order valence-corrected chi connectivity index (χ0v) is 26.4. The Morgan fingerprint density at radius 2 is 1.89 bits per heavy atom. The Morgan fingerprint density at radius 1 is 1.17 bits per heavy atom. The maximum absolute atomic E-state index is 14.4. The molecule has 242 valence electrons. The van der Waals surface area contributed by atoms with Gasteiger partial charge in [0.05, 0.1) is 34.3 Å². The van der Waals surface area contributed by atoms with Crippen LogP contribution in [0.3, 0.4) is 0 Å². The zero-order chi connectivity index (χ0) is 33.0. The van der Waals surface area contributed by atoms with Gasteiger partial charge in [-0.1, -0.05) is 18.2 Å². The van der Waals surface area contributed by atoms with E-state index in [9.17, 15) is 22.0 Å². The van der Waals surface area contributed by atoms with E-state index in [4.69, 9.17) is 16.3 Å². The number of aromatic amines is 1. The molecule has 0 spiro atoms. The molecule has 2 heterocycles. The molecule has 1 saturated heterocycles. The van der Waals surface area contributed by atoms with Crippen LogP contribution < -0.4 is 31.6 Å². The molecule has 0 radical (unpaired) electrons. The van der Waals surface area contributed by atoms with Crippen molar-refractivity contribution < 1.29 is 26.7 Å². The van der Waals surface area contributed by atoms with Crippen molar-refractivity contribution in [1.29, 1.82) is 0 Å². The number of Topliss-reactive ketones (excluding diaryl/α,β-unsaturated/α-hetero) is 1. The number of carbonyl (C=O) groups is 1. The number of hydrogen-bond donors (Lipinski definition) is 4. The number of ether oxygens (including phenoxy) is 1. The number of carbonyl (C=O) groups excluding carboxylic acids is 1. The largest absolute Gasteiger partial charge is 0.496 e. The second-order valence-electron chi connectivity index (χ2n) is 11.3. The van der Waals surface area contributed by atoms with Crippen LogP contribution in [-0.2, 0) is 10.0 Å². The Morgan fingerprint density at radius 3 is 2.57 bits per heavy atom. The molecule has 2 aromatic carbocycles. The number of ketones is 1. The molecule has 2 aliphatic rings. The number of nitrogens with two attached hydrogens (primary N) is 2. The van der Waals surface area contributed by atoms with Crippen molar-refractivity contribution in [3.63, 3.8) is 0 Å². The Labute approximate surface area is 266 Å². The number of hydrazine groups is 1. The normalized spacial score (nSPS) is 15.5. The number of methoxy groups -OCH3 is 1. The molecule has 0 saturated carbocycles. The summed E-state index contributed by atoms with van der Waals surface area (Å²) in [7, 11) is -2.31. The molecule has 13 heteroatoms. The van der Waals surface area contributed by atoms with Gasteiger partial charge in [-0.25, -0.2) is 23.4 Å². The molecule has 0 amide bonds. The molecule has 0 atom stereocenters. The number of sulfonamides is 1. The summed E-state index contributed by atoms with van der Waals surface area (Å²) >= 11 is 0. The fraction of sp³-hybridized carbons (Fsp3) is 0.303. The molecule has 0 bridgehead atoms. The number of benzene rings is 2. The highest BCUT2D eigenvalue weighted by molar-refractivity contribution is 7.89. The molecular formula is C33H36F2N6O4S. The van der Waals surface area contributed by atoms with Crippen LogP contribution in [0, 0.1) is 11.7 Å². The lowest BCUT2D eigenvalue weighted by Crippen LogP contribution is -2.42. The molecule has 0 unspecified atom stereocenters. The Balaban J connectivity index is 1.12. The Kier molecular flexibility index (Phi) is 9.93. The predicted molar refractivity (Wildman–Crippen MR) is 172 cm³/mol. The summed E-state index contributed by atoms with van der Waals surface area (Å²) in [6.45, 7) is 4.21. The lowest BCUT2D eigenvalue weighted by atomic mass is 9.96. The van der Waals surface area contributed by atoms with Gasteiger partial charge in [-0.2, -0.15) is 4.39 Å². The fourth-order valence-corrected chi connectivity index (χ4v) is 6.79. The molecule has 1 fully saturated rings. The smallest absolute Gasteiger partial charge is 0.240 e. The van der Waals surface area contributed by atoms with Gasteiger partial charge in [0.25, 0.3) is 0 Å². The van der Waals surface area contributed by atoms with Crippen molar-refractivity contribution in [2.24, 2.45) is 17.5 Å². The lowest BCUT2D eigenvalue weighted by molar-refractivity contribution is 0.101. The summed E-state index contributed by atoms with van der Waals surface area (Å²) in [4.78, 5) is 17.4. The molecule has 3 aromatic rings. The van der Waals surface area contributed by atoms with Gasteiger partial charge in [-0.3, -0.25) is 4.79 Å². The molecule has 1 aliphatic carbocycles. The topological polar surface area (TPSA) is 147 Å². The number of allylic oxidation sites excluding steroid dienone is 1. The lowest BCUT2D eigenvalue weighted by Gasteiger charge is -2.33. The maximum Gasteiger partial charge on any atom is 0.240 e. The van der Waals surface area contributed by atoms with Crippen LogP contribution in [0.2, 0.25) is 0 Å². The monoisotopic (exact) mass is 650 g/mol. The number of piperidine rings is 1. The predicted octanol–water partition coefficient (Wildman–Crippen LogP) is 2.34. The summed E-state index contributed by atoms with van der Waals surface area (Å²) in [5.41, 5.74) is 13.0. The van der Waals surface area contributed by atoms with Crippen molar-refractivity contribution in [2.75, 3.05) is 39.8 Å². The van der Waals surface area contributed by atoms with E-state index in [0.29, 0.717) is 40.5 Å². The van der Waals surface area contributed by atoms with Crippen molar-refractivity contribution in [2.45, 2.75) is 24.7 Å². The molecule has 1 aromatic heterocycles. The zero-order valence-electron chi connectivity index (χ0n) is 25.6. The summed E-state index contributed by atoms with van der Waals surface area (Å²) in [5.74, 6) is 5.57. The number of hydrogen-bond acceptors (Lipinski definition) is 8. The van der Waals surface area contributed by atoms with Gasteiger partial charge in [-0.05, 0) is 79.2 Å². The number of aromatic nitrogens is 1. The summed E-state index contributed by atoms with van der Waals surface area (Å²) in [5, 5.41) is 2.33. The standard InChI is InChI=1S/C33H36F2N6O4S/c1-21(42)33-32(26-18-24(34)8-11-29(26)39-33)28(36)20-41(37)19-22-12-15-40(16-13-22)17-14-38-46(43,44)25-9-6-23(7-10-25)31-27(35)4-3-5-30(31)45-2/h3-7,9-10,18,20,22,38-39H,12-17,19,36-37H2,1-2H3/b28-20-. The summed E-state index contributed by atoms with van der Waals surface area (Å²) in [6, 6.07) is 10.5. The first-order chi connectivity index (χ1) is 22.0. The number of fused-ring (bicyclic) bond motifs is 1. The number of rotatable bonds is 12. The average Bonchev–Trinajstić information content (AvgIpc) is 3.41. The molecule has 1 aliphatic heterocycles. The minimum Gasteiger partial charge on any atom is -0.496 e. The number of likely N-dealkylation sites (tertiary alicyclic amines) is 1. The quantitative estimate of drug-likeness (QED) is 0.101. The number of halogens is 2. The first-order valence-electron chi connectivity index (χ1n) is 14.8. The summed E-state index contributed by atoms with van der Waals surface area (Å²) in [6.07, 6.45) is 4.49. The highest BCUT2D eigenvalue weighted by atomic mass is 32.2. The van der Waals surface area contributed by atoms with Gasteiger partial charge in [0.15, 0.2) is 11.6 Å². The summed E-state index contributed by atoms with van der Waals surface area (Å²) < 4.78 is 62.0. The Bertz CT molecular complexity index is 1970. The fourth-order valence-electron chi connectivity index (χ4n) is 5.77. The van der Waals surface area contributed by atoms with Crippen molar-refractivity contribution in [3.8, 4) is 16.9 Å². The second-order valence-corrected chi connectivity index (χ2v) is 13.0. The van der Waals surface area contributed by atoms with Crippen LogP contribution in [0.4, 0.5) is 8.78 Å². The van der Waals surface area contributed by atoms with E-state index in [2.05, 4.69) is 26.1 Å². The van der Waals surface area contributed by atoms with E-state index in [1.807, 2.05) is 0 Å². The minimum absolute atomic E-state index is 0.0882. The van der Waals surface area contributed by atoms with Gasteiger partial charge >= 0.3 is 0 Å². The minimum atomic E-state index is -3.76. The van der Waals surface area contributed by atoms with Gasteiger partial charge < -0.3 is 25.4 Å². The Hall–Kier alpha value is -4.48. The molecule has 46 heavy (non-hydrogen) atoms. The second kappa shape index (κ2) is 13.9. The van der Waals surface area contributed by atoms with E-state index >= 15 is 0 Å². The van der Waals surface area contributed by atoms with E-state index in [1.165, 1.54) is 43.3 Å². The highest BCUT2D eigenvalue weighted by Gasteiger charge is 2.22. The van der Waals surface area contributed by atoms with Gasteiger partial charge in [0.2, 0.25) is 10.0 Å². The van der Waals surface area contributed by atoms with Crippen molar-refractivity contribution in [3.05, 3.63) is 87.9 Å². The van der Waals surface area contributed by atoms with Crippen LogP contribution >= 0.6 is 0 Å². The van der Waals surface area contributed by atoms with Gasteiger partial charge in [0, 0.05) is 43.5 Å². The van der Waals surface area contributed by atoms with E-state index < -0.39 is 21.7 Å². The number of nitrogens with one attached hydrogen (secondary N) is 2. The van der Waals surface area contributed by atoms with Crippen LogP contribution in [0.25, 0.3) is 28.6 Å². The van der Waals surface area contributed by atoms with Crippen LogP contribution in [-0.4, -0.2) is 68.9 Å². The van der Waals surface area contributed by atoms with Crippen molar-refractivity contribution in [1.82, 2.24) is 19.6 Å². The van der Waals surface area contributed by atoms with Gasteiger partial charge in [0.1, 0.15) is 11.6 Å². The molecule has 5 rings (SSSR count). The number of nitrogens with zero attached hydrogens (tertiary/aromatic N) is 2. The third-order valence-electron chi connectivity index (χ3n) is 8.11. The highest BCUT2D eigenvalue weighted by Crippen LogP contribution is 2.33. The maximum atomic E-state index is 14.4. The molecular weight excluding hydrogens is 614 g/mol. The molecule has 10 nitrogen and oxygen atoms in total. The average molecular weight is 651 g/mol. The van der Waals surface area contributed by atoms with Gasteiger partial charge in [-0.15, -0.1) is 0 Å². The van der Waals surface area contributed by atoms with Crippen LogP contribution in [0.1, 0.15) is 35.8 Å².